The number of ether oxygens (including phenoxy) is 1. The summed E-state index contributed by atoms with van der Waals surface area (Å²) in [7, 11) is 1.65. The summed E-state index contributed by atoms with van der Waals surface area (Å²) >= 11 is 6.94. The summed E-state index contributed by atoms with van der Waals surface area (Å²) < 4.78 is 20.5. The molecule has 0 saturated carbocycles. The van der Waals surface area contributed by atoms with Gasteiger partial charge in [-0.05, 0) is 42.4 Å². The van der Waals surface area contributed by atoms with Gasteiger partial charge in [0.05, 0.1) is 13.2 Å². The van der Waals surface area contributed by atoms with Crippen molar-refractivity contribution in [1.82, 2.24) is 5.32 Å². The van der Waals surface area contributed by atoms with Crippen LogP contribution in [0.2, 0.25) is 0 Å². The van der Waals surface area contributed by atoms with Gasteiger partial charge in [0.25, 0.3) is 0 Å². The fourth-order valence-electron chi connectivity index (χ4n) is 2.26. The largest absolute Gasteiger partial charge is 0.496 e. The van der Waals surface area contributed by atoms with E-state index in [9.17, 15) is 4.39 Å². The molecular weight excluding hydrogens is 401 g/mol. The third-order valence-electron chi connectivity index (χ3n) is 3.18. The summed E-state index contributed by atoms with van der Waals surface area (Å²) in [5.41, 5.74) is 1.97. The molecule has 2 nitrogen and oxygen atoms in total. The molecule has 5 heteroatoms. The average Bonchev–Trinajstić information content (AvgIpc) is 2.45. The first-order valence-electron chi connectivity index (χ1n) is 6.58. The molecule has 0 spiro atoms. The van der Waals surface area contributed by atoms with Gasteiger partial charge in [-0.3, -0.25) is 0 Å². The van der Waals surface area contributed by atoms with E-state index in [-0.39, 0.29) is 11.9 Å². The van der Waals surface area contributed by atoms with Crippen LogP contribution in [0, 0.1) is 5.82 Å². The topological polar surface area (TPSA) is 21.3 Å². The van der Waals surface area contributed by atoms with Gasteiger partial charge in [-0.25, -0.2) is 4.39 Å². The molecule has 0 aromatic heterocycles. The lowest BCUT2D eigenvalue weighted by Gasteiger charge is -2.22. The zero-order valence-electron chi connectivity index (χ0n) is 11.8. The van der Waals surface area contributed by atoms with E-state index in [0.717, 1.165) is 32.4 Å². The van der Waals surface area contributed by atoms with Gasteiger partial charge < -0.3 is 10.1 Å². The van der Waals surface area contributed by atoms with E-state index in [4.69, 9.17) is 4.74 Å². The minimum absolute atomic E-state index is 0.0857. The summed E-state index contributed by atoms with van der Waals surface area (Å²) in [6, 6.07) is 10.5. The number of rotatable bonds is 5. The molecule has 2 aromatic carbocycles. The van der Waals surface area contributed by atoms with Crippen molar-refractivity contribution in [3.63, 3.8) is 0 Å². The molecule has 1 atom stereocenters. The highest BCUT2D eigenvalue weighted by Gasteiger charge is 2.20. The Kier molecular flexibility index (Phi) is 5.79. The zero-order chi connectivity index (χ0) is 15.4. The van der Waals surface area contributed by atoms with Crippen molar-refractivity contribution in [2.24, 2.45) is 0 Å². The maximum atomic E-state index is 13.3. The maximum Gasteiger partial charge on any atom is 0.124 e. The minimum atomic E-state index is -0.262. The summed E-state index contributed by atoms with van der Waals surface area (Å²) in [5, 5.41) is 3.42. The maximum absolute atomic E-state index is 13.3. The molecule has 0 bridgehead atoms. The third kappa shape index (κ3) is 3.84. The van der Waals surface area contributed by atoms with Crippen LogP contribution in [-0.4, -0.2) is 13.7 Å². The SMILES string of the molecule is CCNC(c1ccc(F)cc1Br)c1cc(Br)ccc1OC. The van der Waals surface area contributed by atoms with Gasteiger partial charge in [0, 0.05) is 14.5 Å². The van der Waals surface area contributed by atoms with Gasteiger partial charge in [0.15, 0.2) is 0 Å². The number of hydrogen-bond acceptors (Lipinski definition) is 2. The molecular formula is C16H16Br2FNO. The Morgan fingerprint density at radius 3 is 2.52 bits per heavy atom. The predicted molar refractivity (Wildman–Crippen MR) is 90.3 cm³/mol. The zero-order valence-corrected chi connectivity index (χ0v) is 15.0. The van der Waals surface area contributed by atoms with Gasteiger partial charge in [-0.1, -0.05) is 44.8 Å². The van der Waals surface area contributed by atoms with Gasteiger partial charge in [-0.15, -0.1) is 0 Å². The number of nitrogens with one attached hydrogen (secondary N) is 1. The molecule has 112 valence electrons. The van der Waals surface area contributed by atoms with Crippen LogP contribution in [0.15, 0.2) is 45.3 Å². The Morgan fingerprint density at radius 2 is 1.90 bits per heavy atom. The Labute approximate surface area is 141 Å². The van der Waals surface area contributed by atoms with E-state index in [2.05, 4.69) is 37.2 Å². The van der Waals surface area contributed by atoms with Crippen molar-refractivity contribution in [1.29, 1.82) is 0 Å². The van der Waals surface area contributed by atoms with Crippen LogP contribution in [0.4, 0.5) is 4.39 Å². The molecule has 0 radical (unpaired) electrons. The Hall–Kier alpha value is -0.910. The van der Waals surface area contributed by atoms with E-state index >= 15 is 0 Å². The first-order valence-corrected chi connectivity index (χ1v) is 8.17. The molecule has 0 amide bonds. The molecule has 1 N–H and O–H groups in total. The van der Waals surface area contributed by atoms with Crippen LogP contribution in [0.3, 0.4) is 0 Å². The smallest absolute Gasteiger partial charge is 0.124 e. The second-order valence-corrected chi connectivity index (χ2v) is 6.31. The van der Waals surface area contributed by atoms with Crippen LogP contribution in [0.25, 0.3) is 0 Å². The van der Waals surface area contributed by atoms with Crippen molar-refractivity contribution in [3.8, 4) is 5.75 Å². The van der Waals surface area contributed by atoms with Gasteiger partial charge in [0.1, 0.15) is 11.6 Å². The van der Waals surface area contributed by atoms with Gasteiger partial charge in [0.2, 0.25) is 0 Å². The molecule has 0 fully saturated rings. The highest BCUT2D eigenvalue weighted by molar-refractivity contribution is 9.10. The van der Waals surface area contributed by atoms with E-state index in [1.165, 1.54) is 12.1 Å². The minimum Gasteiger partial charge on any atom is -0.496 e. The molecule has 0 heterocycles. The summed E-state index contributed by atoms with van der Waals surface area (Å²) in [6.07, 6.45) is 0. The number of benzene rings is 2. The van der Waals surface area contributed by atoms with Crippen LogP contribution >= 0.6 is 31.9 Å². The molecule has 21 heavy (non-hydrogen) atoms. The van der Waals surface area contributed by atoms with Crippen molar-refractivity contribution < 1.29 is 9.13 Å². The normalized spacial score (nSPS) is 12.2. The van der Waals surface area contributed by atoms with Crippen molar-refractivity contribution in [2.75, 3.05) is 13.7 Å². The Morgan fingerprint density at radius 1 is 1.14 bits per heavy atom. The van der Waals surface area contributed by atoms with Crippen molar-refractivity contribution >= 4 is 31.9 Å². The highest BCUT2D eigenvalue weighted by Crippen LogP contribution is 2.35. The van der Waals surface area contributed by atoms with Gasteiger partial charge in [-0.2, -0.15) is 0 Å². The quantitative estimate of drug-likeness (QED) is 0.735. The Bertz CT molecular complexity index is 634. The highest BCUT2D eigenvalue weighted by atomic mass is 79.9. The first-order chi connectivity index (χ1) is 10.1. The fraction of sp³-hybridized carbons (Fsp3) is 0.250. The number of halogens is 3. The average molecular weight is 417 g/mol. The third-order valence-corrected chi connectivity index (χ3v) is 4.36. The van der Waals surface area contributed by atoms with E-state index in [0.29, 0.717) is 0 Å². The lowest BCUT2D eigenvalue weighted by atomic mass is 9.97. The second kappa shape index (κ2) is 7.38. The molecule has 0 aliphatic carbocycles. The van der Waals surface area contributed by atoms with Crippen molar-refractivity contribution in [3.05, 3.63) is 62.3 Å². The van der Waals surface area contributed by atoms with Gasteiger partial charge >= 0.3 is 0 Å². The molecule has 2 rings (SSSR count). The first kappa shape index (κ1) is 16.5. The monoisotopic (exact) mass is 415 g/mol. The fourth-order valence-corrected chi connectivity index (χ4v) is 3.22. The lowest BCUT2D eigenvalue weighted by Crippen LogP contribution is -2.23. The predicted octanol–water partition coefficient (Wildman–Crippen LogP) is 5.06. The van der Waals surface area contributed by atoms with E-state index in [1.54, 1.807) is 13.2 Å². The number of methoxy groups -OCH3 is 1. The summed E-state index contributed by atoms with van der Waals surface area (Å²) in [4.78, 5) is 0. The molecule has 0 aliphatic rings. The standard InChI is InChI=1S/C16H16Br2FNO/c1-3-20-16(12-6-5-11(19)9-14(12)18)13-8-10(17)4-7-15(13)21-2/h4-9,16,20H,3H2,1-2H3. The van der Waals surface area contributed by atoms with Crippen LogP contribution in [-0.2, 0) is 0 Å². The molecule has 0 saturated heterocycles. The van der Waals surface area contributed by atoms with E-state index in [1.807, 2.05) is 25.1 Å². The summed E-state index contributed by atoms with van der Waals surface area (Å²) in [5.74, 6) is 0.530. The van der Waals surface area contributed by atoms with Crippen LogP contribution < -0.4 is 10.1 Å². The van der Waals surface area contributed by atoms with Crippen LogP contribution in [0.5, 0.6) is 5.75 Å². The molecule has 0 aliphatic heterocycles. The lowest BCUT2D eigenvalue weighted by molar-refractivity contribution is 0.404. The molecule has 2 aromatic rings. The second-order valence-electron chi connectivity index (χ2n) is 4.54. The van der Waals surface area contributed by atoms with Crippen molar-refractivity contribution in [2.45, 2.75) is 13.0 Å². The van der Waals surface area contributed by atoms with E-state index < -0.39 is 0 Å². The number of hydrogen-bond donors (Lipinski definition) is 1. The summed E-state index contributed by atoms with van der Waals surface area (Å²) in [6.45, 7) is 2.82. The molecule has 1 unspecified atom stereocenters. The van der Waals surface area contributed by atoms with Crippen LogP contribution in [0.1, 0.15) is 24.1 Å². The Balaban J connectivity index is 2.55.